The molecule has 1 amide bonds. The predicted octanol–water partition coefficient (Wildman–Crippen LogP) is 1.66. The van der Waals surface area contributed by atoms with Crippen LogP contribution in [0.2, 0.25) is 0 Å². The molecule has 2 fully saturated rings. The summed E-state index contributed by atoms with van der Waals surface area (Å²) in [7, 11) is 1.55. The molecule has 0 aromatic rings. The summed E-state index contributed by atoms with van der Waals surface area (Å²) in [6.07, 6.45) is 5.80. The fourth-order valence-corrected chi connectivity index (χ4v) is 3.96. The molecule has 1 unspecified atom stereocenters. The summed E-state index contributed by atoms with van der Waals surface area (Å²) in [6, 6.07) is 0. The van der Waals surface area contributed by atoms with Crippen molar-refractivity contribution in [1.82, 2.24) is 9.80 Å². The maximum absolute atomic E-state index is 12.2. The van der Waals surface area contributed by atoms with Gasteiger partial charge in [-0.25, -0.2) is 0 Å². The highest BCUT2D eigenvalue weighted by atomic mass is 16.5. The summed E-state index contributed by atoms with van der Waals surface area (Å²) in [5.41, 5.74) is 1.19. The maximum atomic E-state index is 12.2. The van der Waals surface area contributed by atoms with Gasteiger partial charge in [-0.05, 0) is 39.5 Å². The average molecular weight is 324 g/mol. The van der Waals surface area contributed by atoms with E-state index in [0.29, 0.717) is 6.54 Å². The lowest BCUT2D eigenvalue weighted by atomic mass is 9.71. The molecule has 2 rings (SSSR count). The highest BCUT2D eigenvalue weighted by Crippen LogP contribution is 2.38. The van der Waals surface area contributed by atoms with Crippen LogP contribution in [0.1, 0.15) is 39.5 Å². The third-order valence-electron chi connectivity index (χ3n) is 5.19. The summed E-state index contributed by atoms with van der Waals surface area (Å²) in [5.74, 6) is 0.0421. The quantitative estimate of drug-likeness (QED) is 0.782. The van der Waals surface area contributed by atoms with Crippen LogP contribution in [0, 0.1) is 5.41 Å². The Morgan fingerprint density at radius 2 is 2.13 bits per heavy atom. The number of hydrogen-bond donors (Lipinski definition) is 1. The van der Waals surface area contributed by atoms with E-state index in [1.165, 1.54) is 5.57 Å². The average Bonchev–Trinajstić information content (AvgIpc) is 2.51. The number of nitrogens with zero attached hydrogens (tertiary/aromatic N) is 2. The Kier molecular flexibility index (Phi) is 6.62. The number of piperidine rings is 2. The van der Waals surface area contributed by atoms with Crippen molar-refractivity contribution in [3.63, 3.8) is 0 Å². The van der Waals surface area contributed by atoms with Gasteiger partial charge in [-0.1, -0.05) is 11.6 Å². The molecule has 2 saturated heterocycles. The molecule has 0 aliphatic carbocycles. The van der Waals surface area contributed by atoms with E-state index in [9.17, 15) is 9.90 Å². The monoisotopic (exact) mass is 324 g/mol. The number of aliphatic hydroxyl groups is 1. The van der Waals surface area contributed by atoms with E-state index in [1.54, 1.807) is 7.11 Å². The minimum absolute atomic E-state index is 0.0421. The molecule has 1 N–H and O–H groups in total. The first kappa shape index (κ1) is 18.4. The van der Waals surface area contributed by atoms with E-state index in [0.717, 1.165) is 51.9 Å². The number of rotatable bonds is 5. The van der Waals surface area contributed by atoms with Crippen LogP contribution in [0.15, 0.2) is 11.6 Å². The number of methoxy groups -OCH3 is 1. The van der Waals surface area contributed by atoms with Crippen LogP contribution in [-0.2, 0) is 9.53 Å². The second kappa shape index (κ2) is 8.27. The highest BCUT2D eigenvalue weighted by Gasteiger charge is 2.46. The molecule has 0 radical (unpaired) electrons. The van der Waals surface area contributed by atoms with Crippen LogP contribution in [0.5, 0.6) is 0 Å². The molecule has 2 atom stereocenters. The molecule has 2 heterocycles. The first-order valence-corrected chi connectivity index (χ1v) is 8.77. The van der Waals surface area contributed by atoms with Crippen molar-refractivity contribution in [3.8, 4) is 0 Å². The lowest BCUT2D eigenvalue weighted by molar-refractivity contribution is -0.145. The van der Waals surface area contributed by atoms with Gasteiger partial charge >= 0.3 is 0 Å². The first-order chi connectivity index (χ1) is 11.0. The van der Waals surface area contributed by atoms with E-state index in [2.05, 4.69) is 24.8 Å². The molecule has 0 aromatic heterocycles. The molecular weight excluding hydrogens is 292 g/mol. The summed E-state index contributed by atoms with van der Waals surface area (Å²) >= 11 is 0. The molecule has 2 aliphatic rings. The Balaban J connectivity index is 1.99. The van der Waals surface area contributed by atoms with Crippen molar-refractivity contribution in [2.45, 2.75) is 45.6 Å². The molecular formula is C18H32N2O3. The predicted molar refractivity (Wildman–Crippen MR) is 91.2 cm³/mol. The number of ether oxygens (including phenoxy) is 1. The van der Waals surface area contributed by atoms with Crippen LogP contribution in [-0.4, -0.2) is 73.4 Å². The molecule has 132 valence electrons. The van der Waals surface area contributed by atoms with Crippen molar-refractivity contribution < 1.29 is 14.6 Å². The fourth-order valence-electron chi connectivity index (χ4n) is 3.96. The molecule has 5 heteroatoms. The first-order valence-electron chi connectivity index (χ1n) is 8.77. The normalized spacial score (nSPS) is 28.9. The Hall–Kier alpha value is -0.910. The molecule has 0 saturated carbocycles. The van der Waals surface area contributed by atoms with Crippen molar-refractivity contribution in [3.05, 3.63) is 11.6 Å². The summed E-state index contributed by atoms with van der Waals surface area (Å²) in [5, 5.41) is 10.6. The van der Waals surface area contributed by atoms with Gasteiger partial charge in [0.2, 0.25) is 5.91 Å². The van der Waals surface area contributed by atoms with Gasteiger partial charge in [0.15, 0.2) is 0 Å². The van der Waals surface area contributed by atoms with Crippen molar-refractivity contribution in [2.75, 3.05) is 46.4 Å². The molecule has 0 bridgehead atoms. The van der Waals surface area contributed by atoms with Gasteiger partial charge in [-0.15, -0.1) is 0 Å². The highest BCUT2D eigenvalue weighted by molar-refractivity contribution is 5.77. The van der Waals surface area contributed by atoms with Gasteiger partial charge in [0.1, 0.15) is 6.61 Å². The Labute approximate surface area is 140 Å². The van der Waals surface area contributed by atoms with E-state index in [-0.39, 0.29) is 24.0 Å². The third kappa shape index (κ3) is 4.78. The molecule has 2 aliphatic heterocycles. The topological polar surface area (TPSA) is 53.0 Å². The van der Waals surface area contributed by atoms with E-state index >= 15 is 0 Å². The van der Waals surface area contributed by atoms with E-state index in [1.807, 2.05) is 4.90 Å². The van der Waals surface area contributed by atoms with Crippen LogP contribution >= 0.6 is 0 Å². The Morgan fingerprint density at radius 3 is 2.83 bits per heavy atom. The Morgan fingerprint density at radius 1 is 1.35 bits per heavy atom. The van der Waals surface area contributed by atoms with Crippen molar-refractivity contribution in [1.29, 1.82) is 0 Å². The van der Waals surface area contributed by atoms with Gasteiger partial charge in [0.25, 0.3) is 0 Å². The van der Waals surface area contributed by atoms with Crippen LogP contribution < -0.4 is 0 Å². The zero-order valence-electron chi connectivity index (χ0n) is 14.9. The number of carbonyl (C=O) groups excluding carboxylic acids is 1. The molecule has 1 spiro atoms. The summed E-state index contributed by atoms with van der Waals surface area (Å²) < 4.78 is 4.99. The number of aliphatic hydroxyl groups excluding tert-OH is 1. The third-order valence-corrected chi connectivity index (χ3v) is 5.19. The fraction of sp³-hybridized carbons (Fsp3) is 0.833. The second-order valence-electron chi connectivity index (χ2n) is 7.37. The minimum atomic E-state index is -0.305. The van der Waals surface area contributed by atoms with Gasteiger partial charge in [-0.2, -0.15) is 0 Å². The van der Waals surface area contributed by atoms with E-state index in [4.69, 9.17) is 4.74 Å². The van der Waals surface area contributed by atoms with E-state index < -0.39 is 0 Å². The van der Waals surface area contributed by atoms with Crippen molar-refractivity contribution >= 4 is 5.91 Å². The van der Waals surface area contributed by atoms with Gasteiger partial charge in [-0.3, -0.25) is 4.79 Å². The standard InChI is InChI=1S/C18H32N2O3/c1-15(2)6-4-9-19-11-7-16(21)18(13-19)8-5-10-20(14-18)17(22)12-23-3/h6,16,21H,4-5,7-14H2,1-3H3/t16?,18-/m1/s1. The number of hydrogen-bond acceptors (Lipinski definition) is 4. The summed E-state index contributed by atoms with van der Waals surface area (Å²) in [4.78, 5) is 16.5. The number of amides is 1. The minimum Gasteiger partial charge on any atom is -0.392 e. The molecule has 5 nitrogen and oxygen atoms in total. The van der Waals surface area contributed by atoms with Crippen molar-refractivity contribution in [2.24, 2.45) is 5.41 Å². The zero-order valence-corrected chi connectivity index (χ0v) is 14.9. The summed E-state index contributed by atoms with van der Waals surface area (Å²) in [6.45, 7) is 8.71. The van der Waals surface area contributed by atoms with Crippen LogP contribution in [0.25, 0.3) is 0 Å². The van der Waals surface area contributed by atoms with Gasteiger partial charge < -0.3 is 19.6 Å². The van der Waals surface area contributed by atoms with Crippen LogP contribution in [0.3, 0.4) is 0 Å². The molecule has 0 aromatic carbocycles. The zero-order chi connectivity index (χ0) is 16.9. The lowest BCUT2D eigenvalue weighted by Gasteiger charge is -2.51. The Bertz CT molecular complexity index is 434. The smallest absolute Gasteiger partial charge is 0.248 e. The maximum Gasteiger partial charge on any atom is 0.248 e. The number of likely N-dealkylation sites (tertiary alicyclic amines) is 2. The largest absolute Gasteiger partial charge is 0.392 e. The lowest BCUT2D eigenvalue weighted by Crippen LogP contribution is -2.60. The number of allylic oxidation sites excluding steroid dienone is 1. The molecule has 23 heavy (non-hydrogen) atoms. The van der Waals surface area contributed by atoms with Gasteiger partial charge in [0, 0.05) is 45.2 Å². The van der Waals surface area contributed by atoms with Gasteiger partial charge in [0.05, 0.1) is 6.10 Å². The number of carbonyl (C=O) groups is 1. The SMILES string of the molecule is COCC(=O)N1CCC[C@@]2(CN(CCC=C(C)C)CCC2O)C1. The van der Waals surface area contributed by atoms with Crippen LogP contribution in [0.4, 0.5) is 0 Å². The second-order valence-corrected chi connectivity index (χ2v) is 7.37.